The molecule has 1 aliphatic heterocycles. The summed E-state index contributed by atoms with van der Waals surface area (Å²) in [5, 5.41) is 1.05. The number of thioether (sulfide) groups is 1. The zero-order valence-corrected chi connectivity index (χ0v) is 12.4. The Labute approximate surface area is 116 Å². The van der Waals surface area contributed by atoms with Crippen molar-refractivity contribution in [3.63, 3.8) is 0 Å². The fraction of sp³-hybridized carbons (Fsp3) is 0.364. The number of hydrogen-bond donors (Lipinski definition) is 0. The summed E-state index contributed by atoms with van der Waals surface area (Å²) in [6.07, 6.45) is 0. The van der Waals surface area contributed by atoms with Crippen LogP contribution < -0.4 is 0 Å². The van der Waals surface area contributed by atoms with Crippen LogP contribution in [0.15, 0.2) is 34.2 Å². The van der Waals surface area contributed by atoms with Gasteiger partial charge in [-0.1, -0.05) is 42.4 Å². The van der Waals surface area contributed by atoms with Crippen molar-refractivity contribution in [1.82, 2.24) is 4.31 Å². The molecule has 0 unspecified atom stereocenters. The van der Waals surface area contributed by atoms with Gasteiger partial charge >= 0.3 is 0 Å². The summed E-state index contributed by atoms with van der Waals surface area (Å²) < 4.78 is 26.0. The van der Waals surface area contributed by atoms with Crippen LogP contribution in [0.5, 0.6) is 0 Å². The van der Waals surface area contributed by atoms with Crippen molar-refractivity contribution in [1.29, 1.82) is 0 Å². The highest BCUT2D eigenvalue weighted by molar-refractivity contribution is 8.15. The third kappa shape index (κ3) is 2.50. The van der Waals surface area contributed by atoms with Gasteiger partial charge in [-0.25, -0.2) is 12.7 Å². The SMILES string of the molecule is C[C@H]1CN=C(N(C)S(=O)(=O)c2ccccc2Cl)S1. The van der Waals surface area contributed by atoms with E-state index in [-0.39, 0.29) is 9.92 Å². The molecule has 1 heterocycles. The number of hydrogen-bond acceptors (Lipinski definition) is 4. The number of amidine groups is 1. The predicted molar refractivity (Wildman–Crippen MR) is 75.8 cm³/mol. The van der Waals surface area contributed by atoms with Crippen LogP contribution in [-0.2, 0) is 10.0 Å². The fourth-order valence-electron chi connectivity index (χ4n) is 1.54. The molecule has 0 fully saturated rings. The van der Waals surface area contributed by atoms with E-state index in [0.29, 0.717) is 17.0 Å². The van der Waals surface area contributed by atoms with Crippen molar-refractivity contribution >= 4 is 38.6 Å². The maximum absolute atomic E-state index is 12.4. The van der Waals surface area contributed by atoms with E-state index in [1.165, 1.54) is 29.2 Å². The van der Waals surface area contributed by atoms with Crippen molar-refractivity contribution < 1.29 is 8.42 Å². The predicted octanol–water partition coefficient (Wildman–Crippen LogP) is 2.45. The Balaban J connectivity index is 2.35. The lowest BCUT2D eigenvalue weighted by atomic mass is 10.4. The Bertz CT molecular complexity index is 586. The summed E-state index contributed by atoms with van der Waals surface area (Å²) in [4.78, 5) is 4.33. The number of nitrogens with zero attached hydrogens (tertiary/aromatic N) is 2. The van der Waals surface area contributed by atoms with E-state index in [2.05, 4.69) is 4.99 Å². The molecular formula is C11H13ClN2O2S2. The molecule has 0 radical (unpaired) electrons. The normalized spacial score (nSPS) is 19.7. The highest BCUT2D eigenvalue weighted by atomic mass is 35.5. The molecule has 4 nitrogen and oxygen atoms in total. The molecule has 7 heteroatoms. The van der Waals surface area contributed by atoms with Crippen LogP contribution in [0.2, 0.25) is 5.02 Å². The number of sulfonamides is 1. The molecular weight excluding hydrogens is 292 g/mol. The van der Waals surface area contributed by atoms with Crippen molar-refractivity contribution in [2.45, 2.75) is 17.1 Å². The maximum atomic E-state index is 12.4. The number of aliphatic imine (C=N–C) groups is 1. The van der Waals surface area contributed by atoms with Gasteiger partial charge in [0.05, 0.1) is 11.6 Å². The van der Waals surface area contributed by atoms with Gasteiger partial charge in [0, 0.05) is 12.3 Å². The Morgan fingerprint density at radius 2 is 2.11 bits per heavy atom. The highest BCUT2D eigenvalue weighted by Gasteiger charge is 2.29. The summed E-state index contributed by atoms with van der Waals surface area (Å²) in [5.74, 6) is 0. The van der Waals surface area contributed by atoms with E-state index in [0.717, 1.165) is 0 Å². The molecule has 0 aliphatic carbocycles. The van der Waals surface area contributed by atoms with Crippen LogP contribution in [-0.4, -0.2) is 36.7 Å². The molecule has 0 N–H and O–H groups in total. The smallest absolute Gasteiger partial charge is 0.261 e. The van der Waals surface area contributed by atoms with E-state index in [4.69, 9.17) is 11.6 Å². The minimum Gasteiger partial charge on any atom is -0.261 e. The molecule has 0 saturated carbocycles. The summed E-state index contributed by atoms with van der Waals surface area (Å²) in [7, 11) is -2.12. The molecule has 0 spiro atoms. The van der Waals surface area contributed by atoms with Gasteiger partial charge < -0.3 is 0 Å². The summed E-state index contributed by atoms with van der Waals surface area (Å²) in [5.41, 5.74) is 0. The molecule has 0 amide bonds. The Hall–Kier alpha value is -0.720. The average molecular weight is 305 g/mol. The minimum absolute atomic E-state index is 0.108. The van der Waals surface area contributed by atoms with Crippen LogP contribution in [0.4, 0.5) is 0 Å². The topological polar surface area (TPSA) is 49.7 Å². The van der Waals surface area contributed by atoms with Gasteiger partial charge in [0.25, 0.3) is 10.0 Å². The lowest BCUT2D eigenvalue weighted by molar-refractivity contribution is 0.554. The first-order valence-electron chi connectivity index (χ1n) is 5.37. The zero-order chi connectivity index (χ0) is 13.3. The van der Waals surface area contributed by atoms with Gasteiger partial charge in [0.15, 0.2) is 5.17 Å². The third-order valence-electron chi connectivity index (χ3n) is 2.53. The zero-order valence-electron chi connectivity index (χ0n) is 10.00. The molecule has 1 aromatic rings. The molecule has 1 aliphatic rings. The van der Waals surface area contributed by atoms with Gasteiger partial charge in [-0.2, -0.15) is 0 Å². The van der Waals surface area contributed by atoms with E-state index in [9.17, 15) is 8.42 Å². The minimum atomic E-state index is -3.63. The van der Waals surface area contributed by atoms with Crippen LogP contribution in [0.1, 0.15) is 6.92 Å². The standard InChI is InChI=1S/C11H13ClN2O2S2/c1-8-7-13-11(17-8)14(2)18(15,16)10-6-4-3-5-9(10)12/h3-6,8H,7H2,1-2H3/t8-/m0/s1. The van der Waals surface area contributed by atoms with Crippen LogP contribution in [0.3, 0.4) is 0 Å². The molecule has 0 aromatic heterocycles. The van der Waals surface area contributed by atoms with Crippen LogP contribution in [0, 0.1) is 0 Å². The largest absolute Gasteiger partial charge is 0.267 e. The number of halogens is 1. The summed E-state index contributed by atoms with van der Waals surface area (Å²) in [6, 6.07) is 6.41. The molecule has 0 saturated heterocycles. The van der Waals surface area contributed by atoms with E-state index < -0.39 is 10.0 Å². The first-order chi connectivity index (χ1) is 8.43. The second-order valence-electron chi connectivity index (χ2n) is 3.95. The highest BCUT2D eigenvalue weighted by Crippen LogP contribution is 2.28. The number of benzene rings is 1. The lowest BCUT2D eigenvalue weighted by Crippen LogP contribution is -2.31. The van der Waals surface area contributed by atoms with E-state index >= 15 is 0 Å². The van der Waals surface area contributed by atoms with Gasteiger partial charge in [-0.15, -0.1) is 0 Å². The van der Waals surface area contributed by atoms with E-state index in [1.54, 1.807) is 18.2 Å². The summed E-state index contributed by atoms with van der Waals surface area (Å²) >= 11 is 7.39. The molecule has 2 rings (SSSR count). The monoisotopic (exact) mass is 304 g/mol. The second-order valence-corrected chi connectivity index (χ2v) is 7.71. The van der Waals surface area contributed by atoms with Crippen LogP contribution in [0.25, 0.3) is 0 Å². The first-order valence-corrected chi connectivity index (χ1v) is 8.07. The second kappa shape index (κ2) is 5.11. The molecule has 98 valence electrons. The van der Waals surface area contributed by atoms with Crippen molar-refractivity contribution in [3.05, 3.63) is 29.3 Å². The molecule has 1 aromatic carbocycles. The Morgan fingerprint density at radius 1 is 1.44 bits per heavy atom. The third-order valence-corrected chi connectivity index (χ3v) is 6.06. The summed E-state index contributed by atoms with van der Waals surface area (Å²) in [6.45, 7) is 2.65. The first kappa shape index (κ1) is 13.7. The number of rotatable bonds is 2. The average Bonchev–Trinajstić information content (AvgIpc) is 2.75. The quantitative estimate of drug-likeness (QED) is 0.843. The van der Waals surface area contributed by atoms with Crippen molar-refractivity contribution in [3.8, 4) is 0 Å². The van der Waals surface area contributed by atoms with Gasteiger partial charge in [-0.3, -0.25) is 4.99 Å². The Morgan fingerprint density at radius 3 is 2.67 bits per heavy atom. The lowest BCUT2D eigenvalue weighted by Gasteiger charge is -2.19. The molecule has 0 bridgehead atoms. The Kier molecular flexibility index (Phi) is 3.89. The van der Waals surface area contributed by atoms with Crippen LogP contribution >= 0.6 is 23.4 Å². The van der Waals surface area contributed by atoms with Gasteiger partial charge in [0.1, 0.15) is 4.90 Å². The fourth-order valence-corrected chi connectivity index (χ4v) is 4.32. The van der Waals surface area contributed by atoms with Gasteiger partial charge in [0.2, 0.25) is 0 Å². The maximum Gasteiger partial charge on any atom is 0.267 e. The molecule has 18 heavy (non-hydrogen) atoms. The molecule has 1 atom stereocenters. The van der Waals surface area contributed by atoms with Gasteiger partial charge in [-0.05, 0) is 12.1 Å². The van der Waals surface area contributed by atoms with Crippen molar-refractivity contribution in [2.75, 3.05) is 13.6 Å². The van der Waals surface area contributed by atoms with E-state index in [1.807, 2.05) is 6.92 Å². The van der Waals surface area contributed by atoms with Crippen molar-refractivity contribution in [2.24, 2.45) is 4.99 Å².